The van der Waals surface area contributed by atoms with E-state index in [2.05, 4.69) is 15.6 Å². The van der Waals surface area contributed by atoms with E-state index in [1.807, 2.05) is 26.8 Å². The van der Waals surface area contributed by atoms with Crippen molar-refractivity contribution in [2.24, 2.45) is 11.8 Å². The largest absolute Gasteiger partial charge is 0.451 e. The number of ketones is 1. The summed E-state index contributed by atoms with van der Waals surface area (Å²) in [6, 6.07) is 10.5. The molecule has 0 aliphatic carbocycles. The summed E-state index contributed by atoms with van der Waals surface area (Å²) in [7, 11) is -4.52. The van der Waals surface area contributed by atoms with Gasteiger partial charge in [-0.25, -0.2) is 9.29 Å². The number of hydrogen-bond acceptors (Lipinski definition) is 8. The van der Waals surface area contributed by atoms with E-state index in [9.17, 15) is 22.8 Å². The lowest BCUT2D eigenvalue weighted by Gasteiger charge is -2.33. The molecule has 11 heteroatoms. The summed E-state index contributed by atoms with van der Waals surface area (Å²) in [6.45, 7) is 6.02. The van der Waals surface area contributed by atoms with E-state index >= 15 is 0 Å². The van der Waals surface area contributed by atoms with Crippen molar-refractivity contribution in [3.05, 3.63) is 60.5 Å². The van der Waals surface area contributed by atoms with Crippen molar-refractivity contribution < 1.29 is 27.2 Å². The van der Waals surface area contributed by atoms with Crippen LogP contribution < -0.4 is 10.6 Å². The molecule has 1 aromatic carbocycles. The van der Waals surface area contributed by atoms with Gasteiger partial charge >= 0.3 is 0 Å². The van der Waals surface area contributed by atoms with Gasteiger partial charge < -0.3 is 15.1 Å². The number of nitrogens with one attached hydrogen (secondary N) is 2. The summed E-state index contributed by atoms with van der Waals surface area (Å²) in [5.41, 5.74) is 0.509. The minimum Gasteiger partial charge on any atom is -0.451 e. The van der Waals surface area contributed by atoms with E-state index in [4.69, 9.17) is 4.42 Å². The van der Waals surface area contributed by atoms with Gasteiger partial charge in [-0.1, -0.05) is 45.0 Å². The zero-order valence-corrected chi connectivity index (χ0v) is 22.4. The number of Topliss-reactive ketones (excluding diaryl/α,β-unsaturated/α-hetero) is 1. The van der Waals surface area contributed by atoms with Gasteiger partial charge in [0, 0.05) is 11.6 Å². The third kappa shape index (κ3) is 5.94. The van der Waals surface area contributed by atoms with Crippen molar-refractivity contribution in [3.8, 4) is 0 Å². The van der Waals surface area contributed by atoms with E-state index in [1.54, 1.807) is 30.3 Å². The Morgan fingerprint density at radius 3 is 2.61 bits per heavy atom. The molecule has 1 saturated heterocycles. The Bertz CT molecular complexity index is 1390. The highest BCUT2D eigenvalue weighted by molar-refractivity contribution is 7.89. The summed E-state index contributed by atoms with van der Waals surface area (Å²) in [6.07, 6.45) is 1.60. The van der Waals surface area contributed by atoms with Gasteiger partial charge in [-0.2, -0.15) is 8.42 Å². The third-order valence-corrected chi connectivity index (χ3v) is 8.13. The fraction of sp³-hybridized carbons (Fsp3) is 0.407. The molecule has 0 bridgehead atoms. The van der Waals surface area contributed by atoms with E-state index in [0.717, 1.165) is 0 Å². The van der Waals surface area contributed by atoms with Crippen molar-refractivity contribution in [2.45, 2.75) is 50.7 Å². The maximum absolute atomic E-state index is 14.1. The predicted molar refractivity (Wildman–Crippen MR) is 141 cm³/mol. The first-order valence-electron chi connectivity index (χ1n) is 12.6. The molecule has 38 heavy (non-hydrogen) atoms. The Kier molecular flexibility index (Phi) is 8.27. The Hall–Kier alpha value is -3.57. The van der Waals surface area contributed by atoms with E-state index in [-0.39, 0.29) is 42.0 Å². The minimum absolute atomic E-state index is 0.00439. The minimum atomic E-state index is -4.52. The second kappa shape index (κ2) is 11.4. The topological polar surface area (TPSA) is 139 Å². The zero-order valence-electron chi connectivity index (χ0n) is 21.6. The lowest BCUT2D eigenvalue weighted by molar-refractivity contribution is -0.135. The number of furan rings is 1. The summed E-state index contributed by atoms with van der Waals surface area (Å²) in [5, 5.41) is 6.05. The Labute approximate surface area is 221 Å². The number of rotatable bonds is 8. The van der Waals surface area contributed by atoms with Crippen molar-refractivity contribution in [3.63, 3.8) is 0 Å². The first-order chi connectivity index (χ1) is 18.1. The number of amides is 2. The quantitative estimate of drug-likeness (QED) is 0.445. The number of pyridine rings is 1. The molecule has 3 aromatic rings. The normalized spacial score (nSPS) is 19.2. The highest BCUT2D eigenvalue weighted by Gasteiger charge is 2.44. The molecule has 2 unspecified atom stereocenters. The molecule has 0 spiro atoms. The van der Waals surface area contributed by atoms with Crippen molar-refractivity contribution in [1.82, 2.24) is 19.9 Å². The lowest BCUT2D eigenvalue weighted by atomic mass is 9.98. The number of aromatic nitrogens is 1. The van der Waals surface area contributed by atoms with Crippen LogP contribution in [-0.2, 0) is 19.6 Å². The van der Waals surface area contributed by atoms with Crippen LogP contribution in [0.3, 0.4) is 0 Å². The Balaban J connectivity index is 1.73. The van der Waals surface area contributed by atoms with Gasteiger partial charge in [0.2, 0.25) is 0 Å². The first-order valence-corrected chi connectivity index (χ1v) is 14.0. The Morgan fingerprint density at radius 1 is 1.18 bits per heavy atom. The highest BCUT2D eigenvalue weighted by atomic mass is 32.2. The SMILES string of the molecule is CC(C)CC(NC(=O)c1cc2ccccc2o1)C(=O)N([C@H]1CC(C)CNCC1=O)S(=O)(=O)c1ccccn1. The lowest BCUT2D eigenvalue weighted by Crippen LogP contribution is -2.57. The van der Waals surface area contributed by atoms with Crippen LogP contribution in [0.25, 0.3) is 11.0 Å². The molecule has 0 saturated carbocycles. The van der Waals surface area contributed by atoms with E-state index < -0.39 is 39.7 Å². The van der Waals surface area contributed by atoms with Crippen LogP contribution in [0.4, 0.5) is 0 Å². The molecular formula is C27H32N4O6S. The fourth-order valence-corrected chi connectivity index (χ4v) is 6.14. The number of carbonyl (C=O) groups excluding carboxylic acids is 3. The molecule has 1 aliphatic rings. The molecule has 1 aliphatic heterocycles. The van der Waals surface area contributed by atoms with Crippen molar-refractivity contribution in [2.75, 3.05) is 13.1 Å². The second-order valence-electron chi connectivity index (χ2n) is 10.1. The molecule has 2 amide bonds. The third-order valence-electron chi connectivity index (χ3n) is 6.41. The van der Waals surface area contributed by atoms with E-state index in [1.165, 1.54) is 18.3 Å². The number of para-hydroxylation sites is 1. The zero-order chi connectivity index (χ0) is 27.4. The number of hydrogen-bond donors (Lipinski definition) is 2. The van der Waals surface area contributed by atoms with Crippen molar-refractivity contribution in [1.29, 1.82) is 0 Å². The van der Waals surface area contributed by atoms with Gasteiger partial charge in [0.25, 0.3) is 21.8 Å². The second-order valence-corrected chi connectivity index (χ2v) is 11.8. The van der Waals surface area contributed by atoms with Crippen molar-refractivity contribution >= 4 is 38.6 Å². The first kappa shape index (κ1) is 27.5. The Morgan fingerprint density at radius 2 is 1.92 bits per heavy atom. The predicted octanol–water partition coefficient (Wildman–Crippen LogP) is 2.76. The summed E-state index contributed by atoms with van der Waals surface area (Å²) in [4.78, 5) is 44.4. The summed E-state index contributed by atoms with van der Waals surface area (Å²) >= 11 is 0. The molecule has 202 valence electrons. The molecule has 2 N–H and O–H groups in total. The maximum atomic E-state index is 14.1. The molecule has 2 aromatic heterocycles. The number of carbonyl (C=O) groups is 3. The van der Waals surface area contributed by atoms with Gasteiger partial charge in [0.15, 0.2) is 16.6 Å². The van der Waals surface area contributed by atoms with E-state index in [0.29, 0.717) is 21.8 Å². The number of nitrogens with zero attached hydrogens (tertiary/aromatic N) is 2. The van der Waals surface area contributed by atoms with Gasteiger partial charge in [-0.05, 0) is 55.5 Å². The van der Waals surface area contributed by atoms with Crippen LogP contribution in [-0.4, -0.2) is 60.5 Å². The van der Waals surface area contributed by atoms with Gasteiger partial charge in [-0.3, -0.25) is 14.4 Å². The van der Waals surface area contributed by atoms with Crippen LogP contribution >= 0.6 is 0 Å². The standard InChI is InChI=1S/C27H32N4O6S/c1-17(2)12-20(30-26(33)24-14-19-8-4-5-9-23(19)37-24)27(34)31(21-13-18(3)15-28-16-22(21)32)38(35,36)25-10-6-7-11-29-25/h4-11,14,17-18,20-21,28H,12-13,15-16H2,1-3H3,(H,30,33)/t18?,20?,21-/m0/s1. The average molecular weight is 541 g/mol. The van der Waals surface area contributed by atoms with Crippen LogP contribution in [0, 0.1) is 11.8 Å². The van der Waals surface area contributed by atoms with Crippen LogP contribution in [0.1, 0.15) is 44.2 Å². The van der Waals surface area contributed by atoms with Gasteiger partial charge in [0.1, 0.15) is 17.7 Å². The van der Waals surface area contributed by atoms with Crippen LogP contribution in [0.15, 0.2) is 64.2 Å². The maximum Gasteiger partial charge on any atom is 0.287 e. The molecular weight excluding hydrogens is 508 g/mol. The molecule has 3 heterocycles. The highest BCUT2D eigenvalue weighted by Crippen LogP contribution is 2.26. The smallest absolute Gasteiger partial charge is 0.287 e. The molecule has 4 rings (SSSR count). The van der Waals surface area contributed by atoms with Crippen LogP contribution in [0.2, 0.25) is 0 Å². The molecule has 10 nitrogen and oxygen atoms in total. The average Bonchev–Trinajstić information content (AvgIpc) is 3.25. The van der Waals surface area contributed by atoms with Gasteiger partial charge in [0.05, 0.1) is 6.54 Å². The molecule has 1 fully saturated rings. The van der Waals surface area contributed by atoms with Crippen LogP contribution in [0.5, 0.6) is 0 Å². The van der Waals surface area contributed by atoms with Gasteiger partial charge in [-0.15, -0.1) is 0 Å². The fourth-order valence-electron chi connectivity index (χ4n) is 4.59. The summed E-state index contributed by atoms with van der Waals surface area (Å²) in [5.74, 6) is -2.12. The number of benzene rings is 1. The number of fused-ring (bicyclic) bond motifs is 1. The monoisotopic (exact) mass is 540 g/mol. The summed E-state index contributed by atoms with van der Waals surface area (Å²) < 4.78 is 34.0. The molecule has 3 atom stereocenters. The number of sulfonamides is 1. The molecule has 0 radical (unpaired) electrons.